The Bertz CT molecular complexity index is 1210. The maximum Gasteiger partial charge on any atom is 0.227 e. The summed E-state index contributed by atoms with van der Waals surface area (Å²) >= 11 is 12.3. The van der Waals surface area contributed by atoms with Gasteiger partial charge in [0.05, 0.1) is 22.2 Å². The Hall–Kier alpha value is -2.13. The summed E-state index contributed by atoms with van der Waals surface area (Å²) in [5.41, 5.74) is 3.83. The number of aryl methyl sites for hydroxylation is 1. The van der Waals surface area contributed by atoms with Crippen LogP contribution in [0.3, 0.4) is 0 Å². The first-order valence-electron chi connectivity index (χ1n) is 10.3. The second kappa shape index (κ2) is 8.33. The lowest BCUT2D eigenvalue weighted by Crippen LogP contribution is -2.56. The van der Waals surface area contributed by atoms with Crippen LogP contribution in [0.4, 0.5) is 0 Å². The molecule has 0 aliphatic carbocycles. The van der Waals surface area contributed by atoms with Crippen molar-refractivity contribution in [3.8, 4) is 0 Å². The molecule has 7 nitrogen and oxygen atoms in total. The van der Waals surface area contributed by atoms with Gasteiger partial charge in [-0.2, -0.15) is 0 Å². The second-order valence-electron chi connectivity index (χ2n) is 8.19. The Morgan fingerprint density at radius 1 is 1.06 bits per heavy atom. The summed E-state index contributed by atoms with van der Waals surface area (Å²) in [6.07, 6.45) is -2.31. The molecule has 5 rings (SSSR count). The minimum atomic E-state index is -1.24. The predicted molar refractivity (Wildman–Crippen MR) is 121 cm³/mol. The summed E-state index contributed by atoms with van der Waals surface area (Å²) in [5, 5.41) is 32.0. The average Bonchev–Trinajstić information content (AvgIpc) is 3.35. The Labute approximate surface area is 194 Å². The normalized spacial score (nSPS) is 27.3. The fourth-order valence-corrected chi connectivity index (χ4v) is 4.57. The van der Waals surface area contributed by atoms with E-state index in [4.69, 9.17) is 32.7 Å². The molecule has 1 fully saturated rings. The van der Waals surface area contributed by atoms with Gasteiger partial charge < -0.3 is 29.4 Å². The zero-order valence-corrected chi connectivity index (χ0v) is 18.7. The van der Waals surface area contributed by atoms with E-state index in [0.29, 0.717) is 22.5 Å². The van der Waals surface area contributed by atoms with Gasteiger partial charge in [-0.05, 0) is 36.2 Å². The Morgan fingerprint density at radius 2 is 1.88 bits per heavy atom. The number of aromatic nitrogens is 1. The largest absolute Gasteiger partial charge is 0.445 e. The molecule has 1 unspecified atom stereocenters. The minimum absolute atomic E-state index is 0.326. The third-order valence-electron chi connectivity index (χ3n) is 5.95. The van der Waals surface area contributed by atoms with E-state index >= 15 is 0 Å². The van der Waals surface area contributed by atoms with Crippen LogP contribution in [0.25, 0.3) is 10.9 Å². The Morgan fingerprint density at radius 3 is 2.62 bits per heavy atom. The summed E-state index contributed by atoms with van der Waals surface area (Å²) in [5.74, 6) is 0.326. The van der Waals surface area contributed by atoms with Gasteiger partial charge in [-0.15, -0.1) is 0 Å². The molecule has 0 radical (unpaired) electrons. The number of halogens is 2. The van der Waals surface area contributed by atoms with Crippen molar-refractivity contribution in [2.75, 3.05) is 6.61 Å². The first-order chi connectivity index (χ1) is 15.4. The molecule has 3 aromatic rings. The second-order valence-corrected chi connectivity index (χ2v) is 9.00. The maximum atomic E-state index is 10.5. The molecule has 0 saturated carbocycles. The number of nitrogens with zero attached hydrogens (tertiary/aromatic N) is 2. The average molecular weight is 477 g/mol. The van der Waals surface area contributed by atoms with E-state index in [9.17, 15) is 15.3 Å². The fourth-order valence-electron chi connectivity index (χ4n) is 4.25. The molecule has 0 spiro atoms. The first-order valence-corrected chi connectivity index (χ1v) is 11.0. The lowest BCUT2D eigenvalue weighted by Gasteiger charge is -2.36. The topological polar surface area (TPSA) is 96.4 Å². The molecule has 2 aliphatic rings. The highest BCUT2D eigenvalue weighted by Gasteiger charge is 2.49. The van der Waals surface area contributed by atoms with Crippen LogP contribution in [0, 0.1) is 6.92 Å². The van der Waals surface area contributed by atoms with Crippen LogP contribution in [0.15, 0.2) is 47.6 Å². The quantitative estimate of drug-likeness (QED) is 0.537. The summed E-state index contributed by atoms with van der Waals surface area (Å²) in [4.78, 5) is 4.53. The van der Waals surface area contributed by atoms with Gasteiger partial charge in [0.1, 0.15) is 24.4 Å². The van der Waals surface area contributed by atoms with Gasteiger partial charge >= 0.3 is 0 Å². The smallest absolute Gasteiger partial charge is 0.227 e. The number of fused-ring (bicyclic) bond motifs is 2. The van der Waals surface area contributed by atoms with Gasteiger partial charge in [-0.25, -0.2) is 4.99 Å². The summed E-state index contributed by atoms with van der Waals surface area (Å²) in [7, 11) is 0. The van der Waals surface area contributed by atoms with E-state index in [1.807, 2.05) is 37.4 Å². The molecule has 1 aromatic heterocycles. The van der Waals surface area contributed by atoms with Crippen molar-refractivity contribution in [1.82, 2.24) is 4.57 Å². The molecule has 9 heteroatoms. The SMILES string of the molecule is Cc1ccc2c(C3=N[C@H]4[C@@H](O3)OC(CO)[C@@H](O)[C@@H]4O)cn(Cc3ccc(Cl)c(Cl)c3)c2c1. The van der Waals surface area contributed by atoms with Gasteiger partial charge in [0.2, 0.25) is 12.2 Å². The molecule has 1 saturated heterocycles. The van der Waals surface area contributed by atoms with Gasteiger partial charge in [0.15, 0.2) is 0 Å². The number of hydrogen-bond donors (Lipinski definition) is 3. The molecule has 3 N–H and O–H groups in total. The van der Waals surface area contributed by atoms with E-state index in [0.717, 1.165) is 27.6 Å². The number of aliphatic hydroxyl groups is 3. The highest BCUT2D eigenvalue weighted by Crippen LogP contribution is 2.33. The van der Waals surface area contributed by atoms with Crippen molar-refractivity contribution in [3.63, 3.8) is 0 Å². The van der Waals surface area contributed by atoms with Crippen LogP contribution in [-0.4, -0.2) is 63.0 Å². The van der Waals surface area contributed by atoms with E-state index in [2.05, 4.69) is 15.6 Å². The van der Waals surface area contributed by atoms with Crippen molar-refractivity contribution < 1.29 is 24.8 Å². The maximum absolute atomic E-state index is 10.5. The number of aliphatic imine (C=N–C) groups is 1. The number of benzene rings is 2. The van der Waals surface area contributed by atoms with Crippen molar-refractivity contribution in [2.45, 2.75) is 44.1 Å². The third kappa shape index (κ3) is 3.69. The Balaban J connectivity index is 1.53. The van der Waals surface area contributed by atoms with Crippen LogP contribution >= 0.6 is 23.2 Å². The molecule has 32 heavy (non-hydrogen) atoms. The van der Waals surface area contributed by atoms with Crippen LogP contribution < -0.4 is 0 Å². The number of aliphatic hydroxyl groups excluding tert-OH is 3. The van der Waals surface area contributed by atoms with Gasteiger partial charge in [-0.3, -0.25) is 0 Å². The van der Waals surface area contributed by atoms with E-state index in [1.165, 1.54) is 0 Å². The molecule has 0 bridgehead atoms. The zero-order chi connectivity index (χ0) is 22.6. The van der Waals surface area contributed by atoms with Crippen LogP contribution in [0.5, 0.6) is 0 Å². The molecular weight excluding hydrogens is 455 g/mol. The van der Waals surface area contributed by atoms with Crippen LogP contribution in [0.1, 0.15) is 16.7 Å². The predicted octanol–water partition coefficient (Wildman–Crippen LogP) is 2.89. The van der Waals surface area contributed by atoms with E-state index in [-0.39, 0.29) is 0 Å². The monoisotopic (exact) mass is 476 g/mol. The molecule has 2 aromatic carbocycles. The molecule has 0 amide bonds. The number of ether oxygens (including phenoxy) is 2. The highest BCUT2D eigenvalue weighted by atomic mass is 35.5. The van der Waals surface area contributed by atoms with Crippen LogP contribution in [-0.2, 0) is 16.0 Å². The van der Waals surface area contributed by atoms with Crippen molar-refractivity contribution in [3.05, 3.63) is 69.3 Å². The molecule has 5 atom stereocenters. The van der Waals surface area contributed by atoms with Gasteiger partial charge in [0, 0.05) is 23.6 Å². The van der Waals surface area contributed by atoms with Gasteiger partial charge in [-0.1, -0.05) is 41.4 Å². The molecule has 168 valence electrons. The summed E-state index contributed by atoms with van der Waals surface area (Å²) in [6.45, 7) is 2.15. The standard InChI is InChI=1S/C23H22Cl2N2O5/c1-11-2-4-13-14(22-26-19-21(30)20(29)18(10-28)31-23(19)32-22)9-27(17(13)6-11)8-12-3-5-15(24)16(25)7-12/h2-7,9,18-21,23,28-30H,8,10H2,1H3/t18?,19-,20-,21-,23-/m1/s1. The summed E-state index contributed by atoms with van der Waals surface area (Å²) in [6, 6.07) is 10.8. The fraction of sp³-hybridized carbons (Fsp3) is 0.348. The van der Waals surface area contributed by atoms with Crippen molar-refractivity contribution >= 4 is 40.0 Å². The summed E-state index contributed by atoms with van der Waals surface area (Å²) < 4.78 is 13.6. The highest BCUT2D eigenvalue weighted by molar-refractivity contribution is 6.42. The minimum Gasteiger partial charge on any atom is -0.445 e. The molecular formula is C23H22Cl2N2O5. The van der Waals surface area contributed by atoms with Gasteiger partial charge in [0.25, 0.3) is 0 Å². The Kier molecular flexibility index (Phi) is 5.65. The third-order valence-corrected chi connectivity index (χ3v) is 6.69. The number of rotatable bonds is 4. The van der Waals surface area contributed by atoms with Crippen molar-refractivity contribution in [2.24, 2.45) is 4.99 Å². The number of hydrogen-bond acceptors (Lipinski definition) is 6. The first kappa shape index (κ1) is 21.7. The van der Waals surface area contributed by atoms with Crippen molar-refractivity contribution in [1.29, 1.82) is 0 Å². The van der Waals surface area contributed by atoms with Crippen LogP contribution in [0.2, 0.25) is 10.0 Å². The molecule has 3 heterocycles. The molecule has 2 aliphatic heterocycles. The van der Waals surface area contributed by atoms with E-state index < -0.39 is 37.3 Å². The lowest BCUT2D eigenvalue weighted by atomic mass is 9.98. The van der Waals surface area contributed by atoms with E-state index in [1.54, 1.807) is 6.07 Å². The lowest BCUT2D eigenvalue weighted by molar-refractivity contribution is -0.234. The zero-order valence-electron chi connectivity index (χ0n) is 17.2.